The number of benzene rings is 2. The molecule has 2 aromatic carbocycles. The molecule has 0 nitrogen and oxygen atoms in total. The highest BCUT2D eigenvalue weighted by atomic mass is 35.5. The first kappa shape index (κ1) is 10.3. The van der Waals surface area contributed by atoms with Crippen molar-refractivity contribution < 1.29 is 0 Å². The van der Waals surface area contributed by atoms with Crippen LogP contribution in [0.2, 0.25) is 5.02 Å². The van der Waals surface area contributed by atoms with Crippen LogP contribution in [0.3, 0.4) is 0 Å². The maximum Gasteiger partial charge on any atom is 0.0444 e. The zero-order valence-corrected chi connectivity index (χ0v) is 9.33. The molecule has 0 atom stereocenters. The predicted octanol–water partition coefficient (Wildman–Crippen LogP) is 4.25. The Balaban J connectivity index is 2.22. The van der Waals surface area contributed by atoms with Gasteiger partial charge in [0, 0.05) is 11.4 Å². The minimum atomic E-state index is 0.790. The number of rotatable bonds is 2. The Morgan fingerprint density at radius 1 is 0.933 bits per heavy atom. The number of hydrogen-bond acceptors (Lipinski definition) is 0. The van der Waals surface area contributed by atoms with Crippen LogP contribution in [0.25, 0.3) is 0 Å². The summed E-state index contributed by atoms with van der Waals surface area (Å²) in [5.41, 5.74) is 3.50. The van der Waals surface area contributed by atoms with Crippen molar-refractivity contribution in [1.82, 2.24) is 0 Å². The van der Waals surface area contributed by atoms with Gasteiger partial charge in [-0.3, -0.25) is 0 Å². The summed E-state index contributed by atoms with van der Waals surface area (Å²) in [6, 6.07) is 16.2. The highest BCUT2D eigenvalue weighted by Crippen LogP contribution is 2.20. The van der Waals surface area contributed by atoms with Crippen molar-refractivity contribution in [2.45, 2.75) is 6.92 Å². The monoisotopic (exact) mass is 215 g/mol. The molecule has 0 aliphatic heterocycles. The molecule has 0 spiro atoms. The molecule has 0 bridgehead atoms. The fourth-order valence-electron chi connectivity index (χ4n) is 1.43. The highest BCUT2D eigenvalue weighted by Gasteiger charge is 2.00. The standard InChI is InChI=1S/C14H12Cl/c1-11-6-8-12(9-7-11)10-13-4-2-3-5-14(13)15/h2-10H,1H3. The molecule has 0 aliphatic carbocycles. The summed E-state index contributed by atoms with van der Waals surface area (Å²) in [6.07, 6.45) is 2.09. The van der Waals surface area contributed by atoms with Crippen molar-refractivity contribution in [3.8, 4) is 0 Å². The quantitative estimate of drug-likeness (QED) is 0.703. The summed E-state index contributed by atoms with van der Waals surface area (Å²) in [5.74, 6) is 0. The zero-order valence-electron chi connectivity index (χ0n) is 8.57. The molecule has 0 heterocycles. The Kier molecular flexibility index (Phi) is 3.08. The first-order valence-electron chi connectivity index (χ1n) is 4.92. The second-order valence-corrected chi connectivity index (χ2v) is 3.98. The summed E-state index contributed by atoms with van der Waals surface area (Å²) in [7, 11) is 0. The fraction of sp³-hybridized carbons (Fsp3) is 0.0714. The topological polar surface area (TPSA) is 0 Å². The largest absolute Gasteiger partial charge is 0.0840 e. The third-order valence-electron chi connectivity index (χ3n) is 2.30. The molecule has 2 rings (SSSR count). The second-order valence-electron chi connectivity index (χ2n) is 3.58. The molecule has 0 fully saturated rings. The minimum Gasteiger partial charge on any atom is -0.0840 e. The lowest BCUT2D eigenvalue weighted by Crippen LogP contribution is -1.86. The van der Waals surface area contributed by atoms with Crippen LogP contribution in [-0.4, -0.2) is 0 Å². The van der Waals surface area contributed by atoms with Crippen molar-refractivity contribution in [2.75, 3.05) is 0 Å². The van der Waals surface area contributed by atoms with Crippen molar-refractivity contribution >= 4 is 11.6 Å². The molecule has 0 N–H and O–H groups in total. The van der Waals surface area contributed by atoms with Crippen molar-refractivity contribution in [3.05, 3.63) is 76.7 Å². The zero-order chi connectivity index (χ0) is 10.7. The Hall–Kier alpha value is -1.27. The number of hydrogen-bond donors (Lipinski definition) is 0. The molecule has 1 heteroatoms. The molecular weight excluding hydrogens is 204 g/mol. The van der Waals surface area contributed by atoms with Crippen molar-refractivity contribution in [3.63, 3.8) is 0 Å². The van der Waals surface area contributed by atoms with Crippen LogP contribution in [0.5, 0.6) is 0 Å². The molecule has 0 aromatic heterocycles. The third kappa shape index (κ3) is 2.60. The molecule has 0 aliphatic rings. The Morgan fingerprint density at radius 2 is 1.60 bits per heavy atom. The van der Waals surface area contributed by atoms with Crippen molar-refractivity contribution in [2.24, 2.45) is 0 Å². The van der Waals surface area contributed by atoms with E-state index < -0.39 is 0 Å². The molecule has 0 unspecified atom stereocenters. The van der Waals surface area contributed by atoms with Gasteiger partial charge in [-0.2, -0.15) is 0 Å². The van der Waals surface area contributed by atoms with Crippen LogP contribution in [-0.2, 0) is 0 Å². The van der Waals surface area contributed by atoms with Crippen LogP contribution in [0.15, 0.2) is 48.5 Å². The van der Waals surface area contributed by atoms with Gasteiger partial charge in [-0.25, -0.2) is 0 Å². The van der Waals surface area contributed by atoms with E-state index in [1.807, 2.05) is 24.3 Å². The van der Waals surface area contributed by atoms with E-state index in [2.05, 4.69) is 37.6 Å². The van der Waals surface area contributed by atoms with Crippen LogP contribution in [0.1, 0.15) is 16.7 Å². The fourth-order valence-corrected chi connectivity index (χ4v) is 1.62. The minimum absolute atomic E-state index is 0.790. The molecule has 0 saturated heterocycles. The van der Waals surface area contributed by atoms with Crippen molar-refractivity contribution in [1.29, 1.82) is 0 Å². The lowest BCUT2D eigenvalue weighted by Gasteiger charge is -2.03. The van der Waals surface area contributed by atoms with Crippen LogP contribution in [0, 0.1) is 13.3 Å². The van der Waals surface area contributed by atoms with Gasteiger partial charge in [0.2, 0.25) is 0 Å². The van der Waals surface area contributed by atoms with E-state index in [1.165, 1.54) is 11.1 Å². The smallest absolute Gasteiger partial charge is 0.0444 e. The first-order valence-corrected chi connectivity index (χ1v) is 5.29. The van der Waals surface area contributed by atoms with Gasteiger partial charge in [0.15, 0.2) is 0 Å². The van der Waals surface area contributed by atoms with E-state index in [0.717, 1.165) is 10.6 Å². The van der Waals surface area contributed by atoms with E-state index in [-0.39, 0.29) is 0 Å². The molecule has 75 valence electrons. The van der Waals surface area contributed by atoms with Crippen LogP contribution in [0.4, 0.5) is 0 Å². The number of halogens is 1. The Bertz CT molecular complexity index is 443. The molecular formula is C14H12Cl. The van der Waals surface area contributed by atoms with E-state index in [4.69, 9.17) is 11.6 Å². The normalized spacial score (nSPS) is 10.3. The Morgan fingerprint density at radius 3 is 2.27 bits per heavy atom. The highest BCUT2D eigenvalue weighted by molar-refractivity contribution is 6.31. The van der Waals surface area contributed by atoms with Gasteiger partial charge in [0.05, 0.1) is 0 Å². The van der Waals surface area contributed by atoms with Gasteiger partial charge >= 0.3 is 0 Å². The Labute approximate surface area is 95.5 Å². The molecule has 15 heavy (non-hydrogen) atoms. The lowest BCUT2D eigenvalue weighted by molar-refractivity contribution is 1.39. The summed E-state index contributed by atoms with van der Waals surface area (Å²) >= 11 is 6.07. The molecule has 0 amide bonds. The summed E-state index contributed by atoms with van der Waals surface area (Å²) < 4.78 is 0. The van der Waals surface area contributed by atoms with Crippen LogP contribution >= 0.6 is 11.6 Å². The maximum absolute atomic E-state index is 6.07. The van der Waals surface area contributed by atoms with Gasteiger partial charge in [-0.15, -0.1) is 0 Å². The lowest BCUT2D eigenvalue weighted by atomic mass is 10.0. The molecule has 2 aromatic rings. The predicted molar refractivity (Wildman–Crippen MR) is 65.1 cm³/mol. The van der Waals surface area contributed by atoms with Gasteiger partial charge in [0.25, 0.3) is 0 Å². The third-order valence-corrected chi connectivity index (χ3v) is 2.65. The summed E-state index contributed by atoms with van der Waals surface area (Å²) in [5, 5.41) is 0.790. The van der Waals surface area contributed by atoms with Crippen LogP contribution < -0.4 is 0 Å². The van der Waals surface area contributed by atoms with E-state index in [9.17, 15) is 0 Å². The number of aryl methyl sites for hydroxylation is 1. The average Bonchev–Trinajstić information content (AvgIpc) is 2.25. The SMILES string of the molecule is Cc1ccc([CH]c2ccccc2Cl)cc1. The van der Waals surface area contributed by atoms with Gasteiger partial charge < -0.3 is 0 Å². The molecule has 1 radical (unpaired) electrons. The maximum atomic E-state index is 6.07. The first-order chi connectivity index (χ1) is 7.25. The van der Waals surface area contributed by atoms with E-state index in [0.29, 0.717) is 0 Å². The average molecular weight is 216 g/mol. The van der Waals surface area contributed by atoms with Gasteiger partial charge in [-0.1, -0.05) is 59.6 Å². The summed E-state index contributed by atoms with van der Waals surface area (Å²) in [6.45, 7) is 2.08. The van der Waals surface area contributed by atoms with Gasteiger partial charge in [0.1, 0.15) is 0 Å². The molecule has 0 saturated carbocycles. The summed E-state index contributed by atoms with van der Waals surface area (Å²) in [4.78, 5) is 0. The van der Waals surface area contributed by atoms with Gasteiger partial charge in [-0.05, 0) is 24.1 Å². The second kappa shape index (κ2) is 4.50. The van der Waals surface area contributed by atoms with E-state index >= 15 is 0 Å². The van der Waals surface area contributed by atoms with E-state index in [1.54, 1.807) is 0 Å².